The number of hydrogen-bond donors (Lipinski definition) is 3. The fourth-order valence-corrected chi connectivity index (χ4v) is 4.45. The molecular weight excluding hydrogens is 494 g/mol. The molecule has 0 heterocycles. The van der Waals surface area contributed by atoms with E-state index in [2.05, 4.69) is 10.6 Å². The van der Waals surface area contributed by atoms with E-state index in [9.17, 15) is 19.5 Å². The topological polar surface area (TPSA) is 108 Å². The van der Waals surface area contributed by atoms with Crippen molar-refractivity contribution in [2.24, 2.45) is 5.92 Å². The van der Waals surface area contributed by atoms with E-state index in [0.29, 0.717) is 23.2 Å². The minimum Gasteiger partial charge on any atom is -0.508 e. The number of phenolic OH excluding ortho intramolecular Hbond substituents is 1. The second kappa shape index (κ2) is 13.0. The number of aryl methyl sites for hydroxylation is 3. The lowest BCUT2D eigenvalue weighted by Gasteiger charge is -2.38. The summed E-state index contributed by atoms with van der Waals surface area (Å²) in [6.45, 7) is 18.3. The Balaban J connectivity index is 2.62. The van der Waals surface area contributed by atoms with Crippen LogP contribution >= 0.6 is 0 Å². The number of anilines is 1. The highest BCUT2D eigenvalue weighted by Gasteiger charge is 2.39. The second-order valence-corrected chi connectivity index (χ2v) is 11.6. The molecule has 214 valence electrons. The maximum atomic E-state index is 14.3. The molecule has 0 aliphatic heterocycles. The minimum absolute atomic E-state index is 0.0964. The molecule has 0 fully saturated rings. The molecule has 0 saturated heterocycles. The molecule has 3 N–H and O–H groups in total. The molecule has 39 heavy (non-hydrogen) atoms. The Morgan fingerprint density at radius 2 is 1.56 bits per heavy atom. The molecule has 3 amide bonds. The Labute approximate surface area is 233 Å². The quantitative estimate of drug-likeness (QED) is 0.353. The number of nitrogens with one attached hydrogen (secondary N) is 2. The standard InChI is InChI=1S/C31H45N3O5/c1-11-19(4)26(33-30(38)39-31(8,9)10)29(37)34(18(2)3)27(23-15-16-24(35)22(7)17-23)28(36)32-25-20(5)13-12-14-21(25)6/h12-19,26-27,35H,11H2,1-10H3,(H,32,36)(H,33,38). The van der Waals surface area contributed by atoms with Gasteiger partial charge in [0.2, 0.25) is 5.91 Å². The minimum atomic E-state index is -1.03. The highest BCUT2D eigenvalue weighted by molar-refractivity contribution is 6.00. The molecule has 0 aliphatic rings. The number of carbonyl (C=O) groups excluding carboxylic acids is 3. The Kier molecular flexibility index (Phi) is 10.6. The van der Waals surface area contributed by atoms with Gasteiger partial charge >= 0.3 is 6.09 Å². The number of para-hydroxylation sites is 1. The molecule has 3 unspecified atom stereocenters. The fraction of sp³-hybridized carbons (Fsp3) is 0.516. The highest BCUT2D eigenvalue weighted by atomic mass is 16.6. The summed E-state index contributed by atoms with van der Waals surface area (Å²) in [5.41, 5.74) is 2.88. The summed E-state index contributed by atoms with van der Waals surface area (Å²) in [5.74, 6) is -0.911. The van der Waals surface area contributed by atoms with Crippen LogP contribution in [-0.2, 0) is 14.3 Å². The van der Waals surface area contributed by atoms with Crippen LogP contribution in [0.2, 0.25) is 0 Å². The van der Waals surface area contributed by atoms with Gasteiger partial charge in [0.05, 0.1) is 0 Å². The number of hydrogen-bond acceptors (Lipinski definition) is 5. The zero-order valence-corrected chi connectivity index (χ0v) is 25.0. The van der Waals surface area contributed by atoms with Crippen LogP contribution in [-0.4, -0.2) is 45.6 Å². The van der Waals surface area contributed by atoms with Crippen LogP contribution in [0.3, 0.4) is 0 Å². The van der Waals surface area contributed by atoms with Crippen LogP contribution in [0.25, 0.3) is 0 Å². The van der Waals surface area contributed by atoms with Gasteiger partial charge in [-0.05, 0) is 95.7 Å². The summed E-state index contributed by atoms with van der Waals surface area (Å²) < 4.78 is 5.45. The van der Waals surface area contributed by atoms with Crippen molar-refractivity contribution in [2.45, 2.75) is 99.4 Å². The van der Waals surface area contributed by atoms with Crippen LogP contribution in [0.5, 0.6) is 5.75 Å². The lowest BCUT2D eigenvalue weighted by Crippen LogP contribution is -2.56. The molecule has 8 nitrogen and oxygen atoms in total. The first-order valence-electron chi connectivity index (χ1n) is 13.6. The van der Waals surface area contributed by atoms with Crippen LogP contribution in [0.1, 0.15) is 83.2 Å². The zero-order chi connectivity index (χ0) is 29.7. The second-order valence-electron chi connectivity index (χ2n) is 11.6. The molecule has 0 saturated carbocycles. The fourth-order valence-electron chi connectivity index (χ4n) is 4.45. The van der Waals surface area contributed by atoms with Gasteiger partial charge in [-0.2, -0.15) is 0 Å². The number of benzene rings is 2. The van der Waals surface area contributed by atoms with Crippen LogP contribution < -0.4 is 10.6 Å². The lowest BCUT2D eigenvalue weighted by atomic mass is 9.94. The van der Waals surface area contributed by atoms with Crippen molar-refractivity contribution in [3.8, 4) is 5.75 Å². The monoisotopic (exact) mass is 539 g/mol. The predicted octanol–water partition coefficient (Wildman–Crippen LogP) is 6.17. The molecule has 0 radical (unpaired) electrons. The average Bonchev–Trinajstić information content (AvgIpc) is 2.82. The number of aromatic hydroxyl groups is 1. The smallest absolute Gasteiger partial charge is 0.408 e. The van der Waals surface area contributed by atoms with Crippen molar-refractivity contribution in [1.82, 2.24) is 10.2 Å². The molecule has 2 aromatic rings. The predicted molar refractivity (Wildman–Crippen MR) is 155 cm³/mol. The average molecular weight is 540 g/mol. The van der Waals surface area contributed by atoms with Gasteiger partial charge in [0.15, 0.2) is 0 Å². The Hall–Kier alpha value is -3.55. The normalized spacial score (nSPS) is 13.8. The third kappa shape index (κ3) is 8.22. The van der Waals surface area contributed by atoms with E-state index < -0.39 is 35.7 Å². The van der Waals surface area contributed by atoms with Gasteiger partial charge in [-0.1, -0.05) is 44.5 Å². The summed E-state index contributed by atoms with van der Waals surface area (Å²) in [4.78, 5) is 42.6. The number of nitrogens with zero attached hydrogens (tertiary/aromatic N) is 1. The molecule has 0 aliphatic carbocycles. The Bertz CT molecular complexity index is 1160. The summed E-state index contributed by atoms with van der Waals surface area (Å²) in [6.07, 6.45) is -0.0720. The lowest BCUT2D eigenvalue weighted by molar-refractivity contribution is -0.144. The van der Waals surface area contributed by atoms with Crippen molar-refractivity contribution in [2.75, 3.05) is 5.32 Å². The number of carbonyl (C=O) groups is 3. The first kappa shape index (κ1) is 31.7. The molecule has 0 bridgehead atoms. The third-order valence-electron chi connectivity index (χ3n) is 6.75. The van der Waals surface area contributed by atoms with Crippen molar-refractivity contribution in [3.63, 3.8) is 0 Å². The van der Waals surface area contributed by atoms with E-state index in [4.69, 9.17) is 4.74 Å². The van der Waals surface area contributed by atoms with E-state index in [-0.39, 0.29) is 17.6 Å². The third-order valence-corrected chi connectivity index (χ3v) is 6.75. The highest BCUT2D eigenvalue weighted by Crippen LogP contribution is 2.31. The van der Waals surface area contributed by atoms with Gasteiger partial charge in [-0.25, -0.2) is 4.79 Å². The van der Waals surface area contributed by atoms with E-state index in [1.165, 1.54) is 11.0 Å². The SMILES string of the molecule is CCC(C)C(NC(=O)OC(C)(C)C)C(=O)N(C(C)C)C(C(=O)Nc1c(C)cccc1C)c1ccc(O)c(C)c1. The van der Waals surface area contributed by atoms with E-state index >= 15 is 0 Å². The van der Waals surface area contributed by atoms with Crippen LogP contribution in [0, 0.1) is 26.7 Å². The summed E-state index contributed by atoms with van der Waals surface area (Å²) in [5, 5.41) is 16.0. The summed E-state index contributed by atoms with van der Waals surface area (Å²) >= 11 is 0. The van der Waals surface area contributed by atoms with Crippen LogP contribution in [0.4, 0.5) is 10.5 Å². The molecule has 2 aromatic carbocycles. The van der Waals surface area contributed by atoms with Gasteiger partial charge in [0, 0.05) is 11.7 Å². The van der Waals surface area contributed by atoms with Gasteiger partial charge in [0.25, 0.3) is 5.91 Å². The van der Waals surface area contributed by atoms with Gasteiger partial charge in [-0.3, -0.25) is 9.59 Å². The van der Waals surface area contributed by atoms with Crippen molar-refractivity contribution in [1.29, 1.82) is 0 Å². The number of ether oxygens (including phenoxy) is 1. The Morgan fingerprint density at radius 3 is 2.05 bits per heavy atom. The molecule has 2 rings (SSSR count). The van der Waals surface area contributed by atoms with Gasteiger partial charge < -0.3 is 25.4 Å². The van der Waals surface area contributed by atoms with E-state index in [1.54, 1.807) is 39.8 Å². The van der Waals surface area contributed by atoms with Crippen molar-refractivity contribution in [3.05, 3.63) is 58.7 Å². The molecule has 0 spiro atoms. The van der Waals surface area contributed by atoms with Gasteiger partial charge in [0.1, 0.15) is 23.4 Å². The summed E-state index contributed by atoms with van der Waals surface area (Å²) in [6, 6.07) is 8.30. The summed E-state index contributed by atoms with van der Waals surface area (Å²) in [7, 11) is 0. The zero-order valence-electron chi connectivity index (χ0n) is 25.0. The van der Waals surface area contributed by atoms with E-state index in [0.717, 1.165) is 11.1 Å². The first-order chi connectivity index (χ1) is 18.1. The van der Waals surface area contributed by atoms with Crippen LogP contribution in [0.15, 0.2) is 36.4 Å². The number of alkyl carbamates (subject to hydrolysis) is 1. The molecule has 3 atom stereocenters. The first-order valence-corrected chi connectivity index (χ1v) is 13.6. The maximum Gasteiger partial charge on any atom is 0.408 e. The largest absolute Gasteiger partial charge is 0.508 e. The molecular formula is C31H45N3O5. The number of rotatable bonds is 9. The van der Waals surface area contributed by atoms with Crippen molar-refractivity contribution >= 4 is 23.6 Å². The molecule has 0 aromatic heterocycles. The molecule has 8 heteroatoms. The maximum absolute atomic E-state index is 14.3. The number of phenols is 1. The number of amides is 3. The van der Waals surface area contributed by atoms with Crippen molar-refractivity contribution < 1.29 is 24.2 Å². The van der Waals surface area contributed by atoms with Gasteiger partial charge in [-0.15, -0.1) is 0 Å². The van der Waals surface area contributed by atoms with E-state index in [1.807, 2.05) is 59.7 Å². The Morgan fingerprint density at radius 1 is 0.974 bits per heavy atom.